The Labute approximate surface area is 90.3 Å². The summed E-state index contributed by atoms with van der Waals surface area (Å²) in [5.74, 6) is -0.670. The van der Waals surface area contributed by atoms with Gasteiger partial charge in [-0.15, -0.1) is 12.4 Å². The first-order chi connectivity index (χ1) is 6.16. The van der Waals surface area contributed by atoms with E-state index in [1.54, 1.807) is 0 Å². The van der Waals surface area contributed by atoms with Crippen LogP contribution in [0.4, 0.5) is 0 Å². The number of hydrogen-bond acceptors (Lipinski definition) is 3. The van der Waals surface area contributed by atoms with Crippen molar-refractivity contribution in [3.63, 3.8) is 0 Å². The van der Waals surface area contributed by atoms with Crippen LogP contribution in [0.15, 0.2) is 0 Å². The number of carboxylic acid groups (broad SMARTS) is 1. The third kappa shape index (κ3) is 11.4. The minimum absolute atomic E-state index is 0. The maximum Gasteiger partial charge on any atom is 0.303 e. The van der Waals surface area contributed by atoms with Crippen LogP contribution >= 0.6 is 12.4 Å². The fourth-order valence-electron chi connectivity index (χ4n) is 1.05. The molecule has 0 bridgehead atoms. The molecule has 0 spiro atoms. The van der Waals surface area contributed by atoms with E-state index in [0.717, 1.165) is 19.3 Å². The first kappa shape index (κ1) is 15.8. The number of aliphatic carboxylic acids is 1. The number of carbonyl (C=O) groups is 2. The number of ketones is 1. The molecular weight excluding hydrogens is 206 g/mol. The molecule has 5 heteroatoms. The number of Topliss-reactive ketones (excluding diaryl/α,β-unsaturated/α-hetero) is 1. The number of nitrogens with two attached hydrogens (primary N) is 1. The molecule has 14 heavy (non-hydrogen) atoms. The second-order valence-corrected chi connectivity index (χ2v) is 3.05. The molecule has 3 N–H and O–H groups in total. The summed E-state index contributed by atoms with van der Waals surface area (Å²) in [4.78, 5) is 20.8. The Morgan fingerprint density at radius 1 is 1.00 bits per heavy atom. The van der Waals surface area contributed by atoms with E-state index in [2.05, 4.69) is 0 Å². The van der Waals surface area contributed by atoms with Gasteiger partial charge in [0.15, 0.2) is 0 Å². The summed E-state index contributed by atoms with van der Waals surface area (Å²) in [5.41, 5.74) is 5.13. The first-order valence-corrected chi connectivity index (χ1v) is 4.60. The third-order valence-electron chi connectivity index (χ3n) is 1.82. The molecule has 0 rings (SSSR count). The van der Waals surface area contributed by atoms with Crippen molar-refractivity contribution in [3.8, 4) is 0 Å². The fourth-order valence-corrected chi connectivity index (χ4v) is 1.05. The maximum atomic E-state index is 10.7. The van der Waals surface area contributed by atoms with E-state index < -0.39 is 5.97 Å². The lowest BCUT2D eigenvalue weighted by molar-refractivity contribution is -0.137. The van der Waals surface area contributed by atoms with E-state index in [4.69, 9.17) is 10.8 Å². The third-order valence-corrected chi connectivity index (χ3v) is 1.82. The monoisotopic (exact) mass is 223 g/mol. The van der Waals surface area contributed by atoms with E-state index in [1.165, 1.54) is 0 Å². The highest BCUT2D eigenvalue weighted by Crippen LogP contribution is 2.05. The molecule has 0 atom stereocenters. The Hall–Kier alpha value is -0.610. The van der Waals surface area contributed by atoms with E-state index in [-0.39, 0.29) is 31.2 Å². The topological polar surface area (TPSA) is 80.4 Å². The van der Waals surface area contributed by atoms with Gasteiger partial charge < -0.3 is 10.8 Å². The molecule has 4 nitrogen and oxygen atoms in total. The van der Waals surface area contributed by atoms with Gasteiger partial charge in [0.1, 0.15) is 5.78 Å². The molecule has 0 aliphatic rings. The zero-order chi connectivity index (χ0) is 10.1. The highest BCUT2D eigenvalue weighted by molar-refractivity contribution is 5.85. The minimum atomic E-state index is -0.752. The Morgan fingerprint density at radius 2 is 1.50 bits per heavy atom. The lowest BCUT2D eigenvalue weighted by Crippen LogP contribution is -2.12. The van der Waals surface area contributed by atoms with Crippen LogP contribution in [0.25, 0.3) is 0 Å². The molecule has 0 unspecified atom stereocenters. The number of rotatable bonds is 8. The highest BCUT2D eigenvalue weighted by atomic mass is 35.5. The summed E-state index contributed by atoms with van der Waals surface area (Å²) in [6.07, 6.45) is 4.08. The molecule has 0 heterocycles. The van der Waals surface area contributed by atoms with E-state index >= 15 is 0 Å². The summed E-state index contributed by atoms with van der Waals surface area (Å²) >= 11 is 0. The summed E-state index contributed by atoms with van der Waals surface area (Å²) in [6.45, 7) is 0.120. The van der Waals surface area contributed by atoms with Crippen LogP contribution in [0, 0.1) is 0 Å². The van der Waals surface area contributed by atoms with Gasteiger partial charge in [0.2, 0.25) is 0 Å². The lowest BCUT2D eigenvalue weighted by atomic mass is 10.1. The SMILES string of the molecule is Cl.NCC(=O)CCCCCCC(=O)O. The standard InChI is InChI=1S/C9H17NO3.ClH/c10-7-8(11)5-3-1-2-4-6-9(12)13;/h1-7,10H2,(H,12,13);1H. The largest absolute Gasteiger partial charge is 0.481 e. The Balaban J connectivity index is 0. The van der Waals surface area contributed by atoms with Crippen molar-refractivity contribution in [1.29, 1.82) is 0 Å². The van der Waals surface area contributed by atoms with Gasteiger partial charge in [-0.25, -0.2) is 0 Å². The van der Waals surface area contributed by atoms with Gasteiger partial charge in [0.05, 0.1) is 6.54 Å². The summed E-state index contributed by atoms with van der Waals surface area (Å²) in [6, 6.07) is 0. The molecule has 0 saturated carbocycles. The van der Waals surface area contributed by atoms with Gasteiger partial charge in [-0.05, 0) is 12.8 Å². The normalized spacial score (nSPS) is 9.21. The molecule has 0 aromatic carbocycles. The molecule has 0 aromatic rings. The van der Waals surface area contributed by atoms with Gasteiger partial charge in [-0.1, -0.05) is 12.8 Å². The average Bonchev–Trinajstić information content (AvgIpc) is 2.10. The molecule has 0 fully saturated rings. The highest BCUT2D eigenvalue weighted by Gasteiger charge is 1.99. The van der Waals surface area contributed by atoms with Crippen LogP contribution in [0.3, 0.4) is 0 Å². The van der Waals surface area contributed by atoms with Gasteiger partial charge in [0.25, 0.3) is 0 Å². The van der Waals surface area contributed by atoms with Crippen molar-refractivity contribution in [3.05, 3.63) is 0 Å². The zero-order valence-electron chi connectivity index (χ0n) is 8.20. The molecule has 0 amide bonds. The quantitative estimate of drug-likeness (QED) is 0.609. The average molecular weight is 224 g/mol. The Bertz CT molecular complexity index is 173. The van der Waals surface area contributed by atoms with Crippen LogP contribution in [0.5, 0.6) is 0 Å². The number of carbonyl (C=O) groups excluding carboxylic acids is 1. The van der Waals surface area contributed by atoms with Crippen molar-refractivity contribution >= 4 is 24.2 Å². The van der Waals surface area contributed by atoms with Gasteiger partial charge in [0, 0.05) is 12.8 Å². The van der Waals surface area contributed by atoms with Crippen LogP contribution in [0.2, 0.25) is 0 Å². The first-order valence-electron chi connectivity index (χ1n) is 4.60. The molecule has 84 valence electrons. The predicted octanol–water partition coefficient (Wildman–Crippen LogP) is 1.36. The van der Waals surface area contributed by atoms with Gasteiger partial charge in [-0.2, -0.15) is 0 Å². The van der Waals surface area contributed by atoms with Gasteiger partial charge in [-0.3, -0.25) is 9.59 Å². The molecule has 0 radical (unpaired) electrons. The van der Waals surface area contributed by atoms with Crippen LogP contribution in [-0.2, 0) is 9.59 Å². The van der Waals surface area contributed by atoms with E-state index in [1.807, 2.05) is 0 Å². The second kappa shape index (κ2) is 10.5. The van der Waals surface area contributed by atoms with Crippen molar-refractivity contribution < 1.29 is 14.7 Å². The summed E-state index contributed by atoms with van der Waals surface area (Å²) in [5, 5.41) is 8.33. The minimum Gasteiger partial charge on any atom is -0.481 e. The molecule has 0 saturated heterocycles. The summed E-state index contributed by atoms with van der Waals surface area (Å²) < 4.78 is 0. The van der Waals surface area contributed by atoms with Crippen molar-refractivity contribution in [2.24, 2.45) is 5.73 Å². The fraction of sp³-hybridized carbons (Fsp3) is 0.778. The van der Waals surface area contributed by atoms with Crippen LogP contribution in [0.1, 0.15) is 38.5 Å². The predicted molar refractivity (Wildman–Crippen MR) is 56.6 cm³/mol. The lowest BCUT2D eigenvalue weighted by Gasteiger charge is -1.98. The van der Waals surface area contributed by atoms with Crippen LogP contribution in [-0.4, -0.2) is 23.4 Å². The van der Waals surface area contributed by atoms with E-state index in [0.29, 0.717) is 12.8 Å². The molecule has 0 aliphatic heterocycles. The van der Waals surface area contributed by atoms with Crippen molar-refractivity contribution in [1.82, 2.24) is 0 Å². The maximum absolute atomic E-state index is 10.7. The Morgan fingerprint density at radius 3 is 1.93 bits per heavy atom. The smallest absolute Gasteiger partial charge is 0.303 e. The van der Waals surface area contributed by atoms with E-state index in [9.17, 15) is 9.59 Å². The second-order valence-electron chi connectivity index (χ2n) is 3.05. The van der Waals surface area contributed by atoms with Gasteiger partial charge >= 0.3 is 5.97 Å². The number of hydrogen-bond donors (Lipinski definition) is 2. The van der Waals surface area contributed by atoms with Crippen LogP contribution < -0.4 is 5.73 Å². The zero-order valence-corrected chi connectivity index (χ0v) is 9.02. The molecular formula is C9H18ClNO3. The number of unbranched alkanes of at least 4 members (excludes halogenated alkanes) is 3. The Kier molecular flexibility index (Phi) is 11.9. The molecule has 0 aliphatic carbocycles. The number of carboxylic acids is 1. The van der Waals surface area contributed by atoms with Crippen molar-refractivity contribution in [2.75, 3.05) is 6.54 Å². The molecule has 0 aromatic heterocycles. The number of halogens is 1. The van der Waals surface area contributed by atoms with Crippen molar-refractivity contribution in [2.45, 2.75) is 38.5 Å². The summed E-state index contributed by atoms with van der Waals surface area (Å²) in [7, 11) is 0.